The molecule has 6 rings (SSSR count). The Hall–Kier alpha value is -4.15. The number of nitriles is 1. The molecule has 0 spiro atoms. The van der Waals surface area contributed by atoms with Gasteiger partial charge in [-0.15, -0.1) is 0 Å². The molecule has 0 aliphatic carbocycles. The van der Waals surface area contributed by atoms with Gasteiger partial charge in [0.15, 0.2) is 24.3 Å². The molecule has 4 aliphatic rings. The number of carbonyl (C=O) groups is 3. The second-order valence-electron chi connectivity index (χ2n) is 15.1. The highest BCUT2D eigenvalue weighted by Gasteiger charge is 2.53. The number of aromatic nitrogens is 3. The lowest BCUT2D eigenvalue weighted by molar-refractivity contribution is -0.336. The SMILES string of the molecule is CC(=O)NC1C(O)OC(CO)C(O)C1OC1OC(C(=O)N2CCC(OC(=S)n3ccc4c(N(C)[C@H]5CN(C(=O)CC#N)CC[C@H]5C)ncnc43)CC2)C(O)C(O)C1O. The Morgan fingerprint density at radius 1 is 1.03 bits per heavy atom. The summed E-state index contributed by atoms with van der Waals surface area (Å²) in [5, 5.41) is 75.5. The van der Waals surface area contributed by atoms with Crippen LogP contribution in [-0.2, 0) is 33.3 Å². The third-order valence-electron chi connectivity index (χ3n) is 11.4. The number of nitrogens with one attached hydrogen (secondary N) is 1. The summed E-state index contributed by atoms with van der Waals surface area (Å²) in [6.45, 7) is 3.85. The van der Waals surface area contributed by atoms with E-state index in [-0.39, 0.29) is 42.6 Å². The summed E-state index contributed by atoms with van der Waals surface area (Å²) in [5.41, 5.74) is 0.509. The van der Waals surface area contributed by atoms with Gasteiger partial charge < -0.3 is 69.6 Å². The Morgan fingerprint density at radius 3 is 2.41 bits per heavy atom. The van der Waals surface area contributed by atoms with Crippen LogP contribution >= 0.6 is 12.2 Å². The summed E-state index contributed by atoms with van der Waals surface area (Å²) in [7, 11) is 1.91. The third-order valence-corrected chi connectivity index (χ3v) is 11.7. The zero-order valence-corrected chi connectivity index (χ0v) is 33.0. The number of rotatable bonds is 9. The molecule has 21 nitrogen and oxygen atoms in total. The molecule has 10 unspecified atom stereocenters. The number of likely N-dealkylation sites (tertiary alicyclic amines) is 2. The molecule has 0 aromatic carbocycles. The van der Waals surface area contributed by atoms with Gasteiger partial charge in [-0.05, 0) is 30.6 Å². The zero-order chi connectivity index (χ0) is 42.0. The molecular formula is C36H50N8O13S. The Kier molecular flexibility index (Phi) is 13.8. The van der Waals surface area contributed by atoms with Gasteiger partial charge in [-0.1, -0.05) is 6.92 Å². The molecule has 7 N–H and O–H groups in total. The van der Waals surface area contributed by atoms with Gasteiger partial charge in [0.25, 0.3) is 11.1 Å². The molecule has 3 amide bonds. The number of piperidine rings is 2. The fourth-order valence-corrected chi connectivity index (χ4v) is 8.29. The molecule has 318 valence electrons. The topological polar surface area (TPSA) is 286 Å². The molecule has 4 aliphatic heterocycles. The van der Waals surface area contributed by atoms with Crippen LogP contribution in [0.3, 0.4) is 0 Å². The fraction of sp³-hybridized carbons (Fsp3) is 0.694. The molecule has 4 fully saturated rings. The summed E-state index contributed by atoms with van der Waals surface area (Å²) < 4.78 is 24.4. The molecule has 0 radical (unpaired) electrons. The highest BCUT2D eigenvalue weighted by Crippen LogP contribution is 2.32. The normalized spacial score (nSPS) is 33.3. The minimum absolute atomic E-state index is 0.0586. The number of fused-ring (bicyclic) bond motifs is 1. The molecule has 0 bridgehead atoms. The molecular weight excluding hydrogens is 785 g/mol. The molecule has 22 heteroatoms. The van der Waals surface area contributed by atoms with Gasteiger partial charge >= 0.3 is 0 Å². The number of thiocarbonyl (C=S) groups is 1. The number of aliphatic hydroxyl groups excluding tert-OH is 6. The van der Waals surface area contributed by atoms with Crippen LogP contribution in [0, 0.1) is 17.2 Å². The number of hydrogen-bond acceptors (Lipinski definition) is 18. The Bertz CT molecular complexity index is 1860. The van der Waals surface area contributed by atoms with Crippen LogP contribution in [0.1, 0.15) is 39.5 Å². The summed E-state index contributed by atoms with van der Waals surface area (Å²) >= 11 is 5.69. The summed E-state index contributed by atoms with van der Waals surface area (Å²) in [6, 6.07) is 2.30. The Balaban J connectivity index is 1.08. The lowest BCUT2D eigenvalue weighted by Gasteiger charge is -2.47. The summed E-state index contributed by atoms with van der Waals surface area (Å²) in [6.07, 6.45) is -11.6. The number of ether oxygens (including phenoxy) is 4. The first-order valence-corrected chi connectivity index (χ1v) is 19.5. The van der Waals surface area contributed by atoms with Crippen LogP contribution in [0.2, 0.25) is 0 Å². The minimum atomic E-state index is -1.93. The van der Waals surface area contributed by atoms with Gasteiger partial charge in [-0.25, -0.2) is 9.97 Å². The van der Waals surface area contributed by atoms with E-state index in [1.54, 1.807) is 15.7 Å². The van der Waals surface area contributed by atoms with E-state index in [1.165, 1.54) is 11.2 Å². The maximum Gasteiger partial charge on any atom is 0.269 e. The van der Waals surface area contributed by atoms with Crippen molar-refractivity contribution in [2.75, 3.05) is 44.7 Å². The number of amides is 3. The lowest BCUT2D eigenvalue weighted by atomic mass is 9.92. The average molecular weight is 835 g/mol. The van der Waals surface area contributed by atoms with Crippen LogP contribution < -0.4 is 10.2 Å². The number of likely N-dealkylation sites (N-methyl/N-ethyl adjacent to an activating group) is 1. The maximum atomic E-state index is 13.7. The Labute approximate surface area is 338 Å². The van der Waals surface area contributed by atoms with Gasteiger partial charge in [0.2, 0.25) is 11.8 Å². The first-order chi connectivity index (χ1) is 27.6. The quantitative estimate of drug-likeness (QED) is 0.123. The van der Waals surface area contributed by atoms with Gasteiger partial charge in [-0.3, -0.25) is 19.0 Å². The highest BCUT2D eigenvalue weighted by atomic mass is 32.1. The van der Waals surface area contributed by atoms with Crippen molar-refractivity contribution in [3.63, 3.8) is 0 Å². The van der Waals surface area contributed by atoms with Crippen LogP contribution in [0.4, 0.5) is 5.82 Å². The van der Waals surface area contributed by atoms with Crippen LogP contribution in [-0.4, -0.2) is 191 Å². The Morgan fingerprint density at radius 2 is 1.74 bits per heavy atom. The molecule has 58 heavy (non-hydrogen) atoms. The van der Waals surface area contributed by atoms with E-state index < -0.39 is 85.9 Å². The number of aliphatic hydroxyl groups is 6. The van der Waals surface area contributed by atoms with Crippen molar-refractivity contribution >= 4 is 52.0 Å². The van der Waals surface area contributed by atoms with E-state index >= 15 is 0 Å². The van der Waals surface area contributed by atoms with Crippen molar-refractivity contribution in [1.82, 2.24) is 29.7 Å². The smallest absolute Gasteiger partial charge is 0.269 e. The van der Waals surface area contributed by atoms with Gasteiger partial charge in [0.05, 0.1) is 24.1 Å². The maximum absolute atomic E-state index is 13.7. The molecule has 0 saturated carbocycles. The number of hydrogen-bond donors (Lipinski definition) is 7. The first kappa shape index (κ1) is 43.4. The van der Waals surface area contributed by atoms with Crippen molar-refractivity contribution in [2.45, 2.75) is 113 Å². The van der Waals surface area contributed by atoms with Gasteiger partial charge in [0, 0.05) is 59.2 Å². The number of anilines is 1. The van der Waals surface area contributed by atoms with E-state index in [4.69, 9.17) is 36.4 Å². The summed E-state index contributed by atoms with van der Waals surface area (Å²) in [4.78, 5) is 52.2. The second-order valence-corrected chi connectivity index (χ2v) is 15.5. The number of nitrogens with zero attached hydrogens (tertiary/aromatic N) is 7. The predicted octanol–water partition coefficient (Wildman–Crippen LogP) is -3.07. The standard InChI is InChI=1S/C36H50N8O13S/c1-17-5-10-43(23(47)4-9-37)14-21(17)41(3)31-20-8-13-44(32(20)39-16-38-31)36(58)54-19-6-11-42(12-7-19)33(52)30-27(50)26(49)28(51)35(57-30)56-29-24(40-18(2)46)34(53)55-22(15-45)25(29)48/h8,13,16-17,19,21-22,24-30,34-35,45,48-51,53H,4-7,10-12,14-15H2,1-3H3,(H,40,46)/t17-,21+,22?,24?,25?,26?,27?,28?,29?,30?,34?,35?/m1/s1. The van der Waals surface area contributed by atoms with E-state index in [9.17, 15) is 45.0 Å². The second kappa shape index (κ2) is 18.4. The minimum Gasteiger partial charge on any atom is -0.467 e. The molecule has 2 aromatic rings. The van der Waals surface area contributed by atoms with Crippen molar-refractivity contribution in [3.8, 4) is 6.07 Å². The van der Waals surface area contributed by atoms with Crippen molar-refractivity contribution in [1.29, 1.82) is 5.26 Å². The van der Waals surface area contributed by atoms with E-state index in [2.05, 4.69) is 22.2 Å². The molecule has 2 aromatic heterocycles. The number of carbonyl (C=O) groups excluding carboxylic acids is 3. The predicted molar refractivity (Wildman–Crippen MR) is 202 cm³/mol. The largest absolute Gasteiger partial charge is 0.467 e. The van der Waals surface area contributed by atoms with Crippen molar-refractivity contribution in [3.05, 3.63) is 18.6 Å². The average Bonchev–Trinajstić information content (AvgIpc) is 3.65. The van der Waals surface area contributed by atoms with Crippen LogP contribution in [0.25, 0.3) is 11.0 Å². The monoisotopic (exact) mass is 834 g/mol. The van der Waals surface area contributed by atoms with Crippen LogP contribution in [0.15, 0.2) is 18.6 Å². The molecule has 6 heterocycles. The fourth-order valence-electron chi connectivity index (χ4n) is 8.01. The van der Waals surface area contributed by atoms with E-state index in [0.29, 0.717) is 42.8 Å². The molecule has 12 atom stereocenters. The lowest BCUT2D eigenvalue weighted by Crippen LogP contribution is -2.68. The van der Waals surface area contributed by atoms with Crippen LogP contribution in [0.5, 0.6) is 0 Å². The van der Waals surface area contributed by atoms with Crippen molar-refractivity contribution in [2.24, 2.45) is 5.92 Å². The van der Waals surface area contributed by atoms with E-state index in [0.717, 1.165) is 13.3 Å². The highest BCUT2D eigenvalue weighted by molar-refractivity contribution is 7.80. The van der Waals surface area contributed by atoms with Gasteiger partial charge in [-0.2, -0.15) is 5.26 Å². The zero-order valence-electron chi connectivity index (χ0n) is 32.2. The first-order valence-electron chi connectivity index (χ1n) is 19.1. The third kappa shape index (κ3) is 8.88. The molecule has 4 saturated heterocycles. The van der Waals surface area contributed by atoms with E-state index in [1.807, 2.05) is 24.1 Å². The summed E-state index contributed by atoms with van der Waals surface area (Å²) in [5.74, 6) is -0.659. The van der Waals surface area contributed by atoms with Gasteiger partial charge in [0.1, 0.15) is 67.3 Å². The van der Waals surface area contributed by atoms with Crippen molar-refractivity contribution < 1.29 is 64.0 Å².